The van der Waals surface area contributed by atoms with Gasteiger partial charge in [-0.1, -0.05) is 13.0 Å². The van der Waals surface area contributed by atoms with Crippen LogP contribution < -0.4 is 10.9 Å². The minimum atomic E-state index is -0.419. The normalized spacial score (nSPS) is 10.1. The molecule has 104 valence electrons. The summed E-state index contributed by atoms with van der Waals surface area (Å²) in [6.45, 7) is 1.92. The number of aryl methyl sites for hydroxylation is 1. The summed E-state index contributed by atoms with van der Waals surface area (Å²) in [5, 5.41) is 2.96. The summed E-state index contributed by atoms with van der Waals surface area (Å²) in [7, 11) is 1.33. The van der Waals surface area contributed by atoms with Crippen LogP contribution in [0, 0.1) is 0 Å². The number of nitrogens with one attached hydrogen (secondary N) is 2. The highest BCUT2D eigenvalue weighted by molar-refractivity contribution is 5.90. The Morgan fingerprint density at radius 3 is 2.90 bits per heavy atom. The summed E-state index contributed by atoms with van der Waals surface area (Å²) < 4.78 is 4.66. The fourth-order valence-corrected chi connectivity index (χ4v) is 1.73. The van der Waals surface area contributed by atoms with Crippen LogP contribution in [0.25, 0.3) is 0 Å². The zero-order valence-corrected chi connectivity index (χ0v) is 11.3. The Kier molecular flexibility index (Phi) is 4.14. The van der Waals surface area contributed by atoms with Gasteiger partial charge in [0.25, 0.3) is 5.56 Å². The molecule has 1 aromatic heterocycles. The van der Waals surface area contributed by atoms with Gasteiger partial charge in [-0.2, -0.15) is 0 Å². The van der Waals surface area contributed by atoms with E-state index in [0.29, 0.717) is 29.3 Å². The lowest BCUT2D eigenvalue weighted by atomic mass is 10.2. The van der Waals surface area contributed by atoms with Crippen molar-refractivity contribution in [2.24, 2.45) is 0 Å². The number of carbonyl (C=O) groups is 1. The van der Waals surface area contributed by atoms with E-state index in [1.165, 1.54) is 13.2 Å². The largest absolute Gasteiger partial charge is 0.465 e. The fraction of sp³-hybridized carbons (Fsp3) is 0.214. The smallest absolute Gasteiger partial charge is 0.337 e. The first-order chi connectivity index (χ1) is 9.62. The van der Waals surface area contributed by atoms with E-state index in [0.717, 1.165) is 0 Å². The molecule has 0 aliphatic heterocycles. The molecule has 6 heteroatoms. The molecule has 2 rings (SSSR count). The van der Waals surface area contributed by atoms with E-state index in [1.807, 2.05) is 6.92 Å². The first-order valence-electron chi connectivity index (χ1n) is 6.18. The molecule has 1 aromatic carbocycles. The molecular weight excluding hydrogens is 258 g/mol. The Morgan fingerprint density at radius 2 is 2.20 bits per heavy atom. The average Bonchev–Trinajstić information content (AvgIpc) is 2.46. The summed E-state index contributed by atoms with van der Waals surface area (Å²) >= 11 is 0. The van der Waals surface area contributed by atoms with Crippen molar-refractivity contribution in [3.8, 4) is 0 Å². The number of hydrogen-bond acceptors (Lipinski definition) is 5. The monoisotopic (exact) mass is 273 g/mol. The Hall–Kier alpha value is -2.63. The molecule has 0 atom stereocenters. The molecule has 0 fully saturated rings. The van der Waals surface area contributed by atoms with Crippen LogP contribution in [0.15, 0.2) is 35.1 Å². The minimum absolute atomic E-state index is 0.219. The van der Waals surface area contributed by atoms with Crippen molar-refractivity contribution in [3.05, 3.63) is 51.9 Å². The van der Waals surface area contributed by atoms with Crippen molar-refractivity contribution in [1.29, 1.82) is 0 Å². The van der Waals surface area contributed by atoms with Gasteiger partial charge in [0.15, 0.2) is 0 Å². The average molecular weight is 273 g/mol. The number of H-pyrrole nitrogens is 1. The molecule has 0 radical (unpaired) electrons. The van der Waals surface area contributed by atoms with E-state index >= 15 is 0 Å². The van der Waals surface area contributed by atoms with Gasteiger partial charge in [-0.3, -0.25) is 9.78 Å². The van der Waals surface area contributed by atoms with Crippen molar-refractivity contribution in [3.63, 3.8) is 0 Å². The van der Waals surface area contributed by atoms with Crippen molar-refractivity contribution in [2.75, 3.05) is 12.4 Å². The summed E-state index contributed by atoms with van der Waals surface area (Å²) in [5.41, 5.74) is 1.54. The van der Waals surface area contributed by atoms with Crippen LogP contribution in [-0.2, 0) is 11.2 Å². The highest BCUT2D eigenvalue weighted by Gasteiger charge is 2.06. The summed E-state index contributed by atoms with van der Waals surface area (Å²) in [4.78, 5) is 29.8. The number of ether oxygens (including phenoxy) is 1. The van der Waals surface area contributed by atoms with Gasteiger partial charge in [0.05, 0.1) is 12.7 Å². The minimum Gasteiger partial charge on any atom is -0.465 e. The topological polar surface area (TPSA) is 84.1 Å². The second-order valence-corrected chi connectivity index (χ2v) is 4.14. The Balaban J connectivity index is 2.28. The lowest BCUT2D eigenvalue weighted by Gasteiger charge is -2.07. The third-order valence-electron chi connectivity index (χ3n) is 2.70. The van der Waals surface area contributed by atoms with Crippen molar-refractivity contribution in [2.45, 2.75) is 13.3 Å². The van der Waals surface area contributed by atoms with Crippen LogP contribution in [0.4, 0.5) is 11.6 Å². The number of esters is 1. The third-order valence-corrected chi connectivity index (χ3v) is 2.70. The predicted molar refractivity (Wildman–Crippen MR) is 75.3 cm³/mol. The Bertz CT molecular complexity index is 679. The van der Waals surface area contributed by atoms with Gasteiger partial charge in [0, 0.05) is 17.4 Å². The van der Waals surface area contributed by atoms with E-state index in [2.05, 4.69) is 20.0 Å². The Morgan fingerprint density at radius 1 is 1.40 bits per heavy atom. The van der Waals surface area contributed by atoms with Crippen LogP contribution >= 0.6 is 0 Å². The van der Waals surface area contributed by atoms with E-state index in [-0.39, 0.29) is 5.56 Å². The van der Waals surface area contributed by atoms with E-state index < -0.39 is 5.97 Å². The van der Waals surface area contributed by atoms with Crippen LogP contribution in [-0.4, -0.2) is 23.0 Å². The van der Waals surface area contributed by atoms with Crippen LogP contribution in [0.5, 0.6) is 0 Å². The second kappa shape index (κ2) is 6.01. The van der Waals surface area contributed by atoms with E-state index in [1.54, 1.807) is 24.3 Å². The number of methoxy groups -OCH3 is 1. The summed E-state index contributed by atoms with van der Waals surface area (Å²) in [6, 6.07) is 8.22. The number of aromatic nitrogens is 2. The number of benzene rings is 1. The predicted octanol–water partition coefficient (Wildman–Crippen LogP) is 1.86. The SMILES string of the molecule is CCc1cc(=O)[nH]c(Nc2cccc(C(=O)OC)c2)n1. The van der Waals surface area contributed by atoms with Crippen LogP contribution in [0.2, 0.25) is 0 Å². The highest BCUT2D eigenvalue weighted by Crippen LogP contribution is 2.15. The number of aromatic amines is 1. The van der Waals surface area contributed by atoms with Gasteiger partial charge in [-0.15, -0.1) is 0 Å². The summed E-state index contributed by atoms with van der Waals surface area (Å²) in [5.74, 6) is -0.0752. The maximum atomic E-state index is 11.5. The fourth-order valence-electron chi connectivity index (χ4n) is 1.73. The number of rotatable bonds is 4. The Labute approximate surface area is 115 Å². The van der Waals surface area contributed by atoms with E-state index in [4.69, 9.17) is 0 Å². The molecule has 0 saturated heterocycles. The number of anilines is 2. The quantitative estimate of drug-likeness (QED) is 0.831. The van der Waals surface area contributed by atoms with E-state index in [9.17, 15) is 9.59 Å². The molecule has 0 aliphatic carbocycles. The molecule has 0 spiro atoms. The maximum absolute atomic E-state index is 11.5. The molecule has 0 amide bonds. The molecule has 0 unspecified atom stereocenters. The van der Waals surface area contributed by atoms with Gasteiger partial charge < -0.3 is 10.1 Å². The molecule has 0 aliphatic rings. The molecule has 6 nitrogen and oxygen atoms in total. The lowest BCUT2D eigenvalue weighted by Crippen LogP contribution is -2.12. The maximum Gasteiger partial charge on any atom is 0.337 e. The molecule has 0 saturated carbocycles. The first-order valence-corrected chi connectivity index (χ1v) is 6.18. The van der Waals surface area contributed by atoms with Crippen molar-refractivity contribution < 1.29 is 9.53 Å². The van der Waals surface area contributed by atoms with Crippen LogP contribution in [0.1, 0.15) is 23.0 Å². The second-order valence-electron chi connectivity index (χ2n) is 4.14. The molecule has 0 bridgehead atoms. The van der Waals surface area contributed by atoms with Crippen molar-refractivity contribution >= 4 is 17.6 Å². The summed E-state index contributed by atoms with van der Waals surface area (Å²) in [6.07, 6.45) is 0.667. The third kappa shape index (κ3) is 3.23. The van der Waals surface area contributed by atoms with Gasteiger partial charge >= 0.3 is 5.97 Å². The van der Waals surface area contributed by atoms with Crippen LogP contribution in [0.3, 0.4) is 0 Å². The lowest BCUT2D eigenvalue weighted by molar-refractivity contribution is 0.0601. The standard InChI is InChI=1S/C14H15N3O3/c1-3-10-8-12(18)17-14(15-10)16-11-6-4-5-9(7-11)13(19)20-2/h4-8H,3H2,1-2H3,(H2,15,16,17,18). The number of nitrogens with zero attached hydrogens (tertiary/aromatic N) is 1. The molecule has 1 heterocycles. The van der Waals surface area contributed by atoms with Gasteiger partial charge in [0.2, 0.25) is 5.95 Å². The van der Waals surface area contributed by atoms with Gasteiger partial charge in [0.1, 0.15) is 0 Å². The molecule has 2 N–H and O–H groups in total. The number of hydrogen-bond donors (Lipinski definition) is 2. The molecule has 20 heavy (non-hydrogen) atoms. The zero-order valence-electron chi connectivity index (χ0n) is 11.3. The number of carbonyl (C=O) groups excluding carboxylic acids is 1. The van der Waals surface area contributed by atoms with Gasteiger partial charge in [-0.25, -0.2) is 9.78 Å². The molecule has 2 aromatic rings. The zero-order chi connectivity index (χ0) is 14.5. The van der Waals surface area contributed by atoms with Crippen molar-refractivity contribution in [1.82, 2.24) is 9.97 Å². The van der Waals surface area contributed by atoms with Gasteiger partial charge in [-0.05, 0) is 24.6 Å². The first kappa shape index (κ1) is 13.8. The highest BCUT2D eigenvalue weighted by atomic mass is 16.5. The molecular formula is C14H15N3O3.